The lowest BCUT2D eigenvalue weighted by Crippen LogP contribution is -2.47. The summed E-state index contributed by atoms with van der Waals surface area (Å²) in [7, 11) is 0. The molecule has 1 N–H and O–H groups in total. The Hall–Kier alpha value is -2.07. The molecule has 1 saturated heterocycles. The van der Waals surface area contributed by atoms with Gasteiger partial charge in [-0.1, -0.05) is 12.1 Å². The minimum Gasteiger partial charge on any atom is -0.353 e. The van der Waals surface area contributed by atoms with E-state index in [9.17, 15) is 14.0 Å². The van der Waals surface area contributed by atoms with Crippen LogP contribution in [0.5, 0.6) is 0 Å². The standard InChI is InChI=1S/C16H18FN3O2S/c17-14-4-2-1-3-13(14)16(22)20-8-5-12(6-9-20)19-15(21)11-23-10-7-18/h1-4,12H,5-6,8-11H2,(H,19,21). The van der Waals surface area contributed by atoms with E-state index in [0.717, 1.165) is 0 Å². The Morgan fingerprint density at radius 3 is 2.70 bits per heavy atom. The zero-order chi connectivity index (χ0) is 16.7. The maximum atomic E-state index is 13.7. The van der Waals surface area contributed by atoms with Gasteiger partial charge in [-0.3, -0.25) is 9.59 Å². The van der Waals surface area contributed by atoms with Gasteiger partial charge in [-0.25, -0.2) is 4.39 Å². The van der Waals surface area contributed by atoms with Gasteiger partial charge in [-0.2, -0.15) is 5.26 Å². The summed E-state index contributed by atoms with van der Waals surface area (Å²) in [6.07, 6.45) is 1.30. The molecule has 1 aromatic carbocycles. The average molecular weight is 335 g/mol. The van der Waals surface area contributed by atoms with Gasteiger partial charge in [0.15, 0.2) is 0 Å². The topological polar surface area (TPSA) is 73.2 Å². The summed E-state index contributed by atoms with van der Waals surface area (Å²) in [6.45, 7) is 0.979. The fraction of sp³-hybridized carbons (Fsp3) is 0.438. The normalized spacial score (nSPS) is 15.0. The molecular weight excluding hydrogens is 317 g/mol. The van der Waals surface area contributed by atoms with Gasteiger partial charge < -0.3 is 10.2 Å². The Morgan fingerprint density at radius 2 is 2.04 bits per heavy atom. The number of hydrogen-bond acceptors (Lipinski definition) is 4. The van der Waals surface area contributed by atoms with Crippen molar-refractivity contribution < 1.29 is 14.0 Å². The van der Waals surface area contributed by atoms with Crippen LogP contribution >= 0.6 is 11.8 Å². The highest BCUT2D eigenvalue weighted by atomic mass is 32.2. The van der Waals surface area contributed by atoms with Crippen LogP contribution in [0, 0.1) is 17.1 Å². The number of amides is 2. The number of nitriles is 1. The predicted octanol–water partition coefficient (Wildman–Crippen LogP) is 1.80. The quantitative estimate of drug-likeness (QED) is 0.833. The molecule has 2 amide bonds. The second kappa shape index (κ2) is 8.53. The summed E-state index contributed by atoms with van der Waals surface area (Å²) >= 11 is 1.27. The molecule has 1 heterocycles. The second-order valence-electron chi connectivity index (χ2n) is 5.26. The molecule has 2 rings (SSSR count). The molecule has 0 bridgehead atoms. The number of hydrogen-bond donors (Lipinski definition) is 1. The zero-order valence-corrected chi connectivity index (χ0v) is 13.4. The lowest BCUT2D eigenvalue weighted by Gasteiger charge is -2.32. The maximum Gasteiger partial charge on any atom is 0.256 e. The summed E-state index contributed by atoms with van der Waals surface area (Å²) in [4.78, 5) is 25.6. The number of halogens is 1. The van der Waals surface area contributed by atoms with E-state index in [1.807, 2.05) is 6.07 Å². The third kappa shape index (κ3) is 4.96. The first kappa shape index (κ1) is 17.3. The SMILES string of the molecule is N#CCSCC(=O)NC1CCN(C(=O)c2ccccc2F)CC1. The van der Waals surface area contributed by atoms with E-state index in [4.69, 9.17) is 5.26 Å². The Bertz CT molecular complexity index is 610. The van der Waals surface area contributed by atoms with Gasteiger partial charge >= 0.3 is 0 Å². The van der Waals surface area contributed by atoms with E-state index in [-0.39, 0.29) is 29.2 Å². The van der Waals surface area contributed by atoms with E-state index in [2.05, 4.69) is 5.32 Å². The van der Waals surface area contributed by atoms with Crippen molar-refractivity contribution in [3.8, 4) is 6.07 Å². The minimum atomic E-state index is -0.512. The molecule has 23 heavy (non-hydrogen) atoms. The molecule has 0 aromatic heterocycles. The van der Waals surface area contributed by atoms with Crippen molar-refractivity contribution in [2.24, 2.45) is 0 Å². The van der Waals surface area contributed by atoms with Crippen LogP contribution in [-0.4, -0.2) is 47.4 Å². The van der Waals surface area contributed by atoms with Crippen LogP contribution < -0.4 is 5.32 Å². The molecule has 0 saturated carbocycles. The number of carbonyl (C=O) groups excluding carboxylic acids is 2. The fourth-order valence-corrected chi connectivity index (χ4v) is 2.95. The molecule has 1 aromatic rings. The fourth-order valence-electron chi connectivity index (χ4n) is 2.49. The van der Waals surface area contributed by atoms with Crippen molar-refractivity contribution in [2.45, 2.75) is 18.9 Å². The highest BCUT2D eigenvalue weighted by Gasteiger charge is 2.25. The second-order valence-corrected chi connectivity index (χ2v) is 6.25. The molecule has 7 heteroatoms. The van der Waals surface area contributed by atoms with Crippen LogP contribution in [0.1, 0.15) is 23.2 Å². The molecule has 1 fully saturated rings. The van der Waals surface area contributed by atoms with E-state index in [1.54, 1.807) is 17.0 Å². The molecule has 0 atom stereocenters. The smallest absolute Gasteiger partial charge is 0.256 e. The Labute approximate surface area is 138 Å². The monoisotopic (exact) mass is 335 g/mol. The highest BCUT2D eigenvalue weighted by molar-refractivity contribution is 8.00. The molecule has 5 nitrogen and oxygen atoms in total. The maximum absolute atomic E-state index is 13.7. The van der Waals surface area contributed by atoms with Gasteiger partial charge in [0.2, 0.25) is 5.91 Å². The summed E-state index contributed by atoms with van der Waals surface area (Å²) in [5.74, 6) is -0.352. The molecule has 0 aliphatic carbocycles. The lowest BCUT2D eigenvalue weighted by molar-refractivity contribution is -0.119. The molecule has 0 spiro atoms. The predicted molar refractivity (Wildman–Crippen MR) is 86.4 cm³/mol. The minimum absolute atomic E-state index is 0.0230. The summed E-state index contributed by atoms with van der Waals surface area (Å²) in [5, 5.41) is 11.3. The Kier molecular flexibility index (Phi) is 6.41. The Morgan fingerprint density at radius 1 is 1.35 bits per heavy atom. The van der Waals surface area contributed by atoms with E-state index in [0.29, 0.717) is 31.7 Å². The van der Waals surface area contributed by atoms with E-state index in [1.165, 1.54) is 23.9 Å². The number of nitrogens with one attached hydrogen (secondary N) is 1. The third-order valence-electron chi connectivity index (χ3n) is 3.65. The van der Waals surface area contributed by atoms with Crippen molar-refractivity contribution in [3.05, 3.63) is 35.6 Å². The number of piperidine rings is 1. The summed E-state index contributed by atoms with van der Waals surface area (Å²) in [6, 6.07) is 7.95. The Balaban J connectivity index is 1.80. The first-order chi connectivity index (χ1) is 11.1. The number of nitrogens with zero attached hydrogens (tertiary/aromatic N) is 2. The number of thioether (sulfide) groups is 1. The van der Waals surface area contributed by atoms with Crippen molar-refractivity contribution in [2.75, 3.05) is 24.6 Å². The third-order valence-corrected chi connectivity index (χ3v) is 4.45. The molecule has 1 aliphatic rings. The van der Waals surface area contributed by atoms with Gasteiger partial charge in [0.25, 0.3) is 5.91 Å². The lowest BCUT2D eigenvalue weighted by atomic mass is 10.0. The number of benzene rings is 1. The largest absolute Gasteiger partial charge is 0.353 e. The van der Waals surface area contributed by atoms with Crippen LogP contribution in [-0.2, 0) is 4.79 Å². The average Bonchev–Trinajstić information content (AvgIpc) is 2.56. The van der Waals surface area contributed by atoms with Gasteiger partial charge in [-0.05, 0) is 25.0 Å². The van der Waals surface area contributed by atoms with Crippen LogP contribution in [0.15, 0.2) is 24.3 Å². The molecule has 122 valence electrons. The molecule has 0 radical (unpaired) electrons. The summed E-state index contributed by atoms with van der Waals surface area (Å²) < 4.78 is 13.7. The number of likely N-dealkylation sites (tertiary alicyclic amines) is 1. The van der Waals surface area contributed by atoms with Crippen molar-refractivity contribution in [3.63, 3.8) is 0 Å². The van der Waals surface area contributed by atoms with Crippen molar-refractivity contribution in [1.82, 2.24) is 10.2 Å². The van der Waals surface area contributed by atoms with Gasteiger partial charge in [0.05, 0.1) is 23.1 Å². The van der Waals surface area contributed by atoms with E-state index < -0.39 is 5.82 Å². The van der Waals surface area contributed by atoms with Crippen LogP contribution in [0.2, 0.25) is 0 Å². The van der Waals surface area contributed by atoms with Crippen LogP contribution in [0.3, 0.4) is 0 Å². The zero-order valence-electron chi connectivity index (χ0n) is 12.6. The van der Waals surface area contributed by atoms with Crippen molar-refractivity contribution in [1.29, 1.82) is 5.26 Å². The first-order valence-electron chi connectivity index (χ1n) is 7.39. The molecule has 1 aliphatic heterocycles. The van der Waals surface area contributed by atoms with Crippen LogP contribution in [0.25, 0.3) is 0 Å². The first-order valence-corrected chi connectivity index (χ1v) is 8.55. The van der Waals surface area contributed by atoms with Gasteiger partial charge in [-0.15, -0.1) is 11.8 Å². The van der Waals surface area contributed by atoms with Crippen LogP contribution in [0.4, 0.5) is 4.39 Å². The van der Waals surface area contributed by atoms with Crippen molar-refractivity contribution >= 4 is 23.6 Å². The number of rotatable bonds is 5. The van der Waals surface area contributed by atoms with Gasteiger partial charge in [0.1, 0.15) is 5.82 Å². The van der Waals surface area contributed by atoms with E-state index >= 15 is 0 Å². The van der Waals surface area contributed by atoms with Gasteiger partial charge in [0, 0.05) is 19.1 Å². The highest BCUT2D eigenvalue weighted by Crippen LogP contribution is 2.16. The summed E-state index contributed by atoms with van der Waals surface area (Å²) in [5.41, 5.74) is 0.0860. The number of carbonyl (C=O) groups is 2. The molecular formula is C16H18FN3O2S. The molecule has 0 unspecified atom stereocenters.